The number of rotatable bonds is 3. The molecule has 0 atom stereocenters. The number of hydrogen-bond acceptors (Lipinski definition) is 3. The number of aryl methyl sites for hydroxylation is 1. The molecule has 4 rings (SSSR count). The van der Waals surface area contributed by atoms with Gasteiger partial charge in [-0.15, -0.1) is 0 Å². The fourth-order valence-corrected chi connectivity index (χ4v) is 3.56. The second kappa shape index (κ2) is 6.81. The van der Waals surface area contributed by atoms with E-state index in [-0.39, 0.29) is 10.7 Å². The van der Waals surface area contributed by atoms with Crippen molar-refractivity contribution >= 4 is 51.8 Å². The van der Waals surface area contributed by atoms with Gasteiger partial charge in [0.15, 0.2) is 5.11 Å². The van der Waals surface area contributed by atoms with Gasteiger partial charge in [-0.2, -0.15) is 0 Å². The third-order valence-electron chi connectivity index (χ3n) is 4.58. The van der Waals surface area contributed by atoms with Gasteiger partial charge in [0.2, 0.25) is 0 Å². The normalized spacial score (nSPS) is 16.3. The Morgan fingerprint density at radius 3 is 2.48 bits per heavy atom. The summed E-state index contributed by atoms with van der Waals surface area (Å²) in [6.07, 6.45) is 3.60. The first-order valence-electron chi connectivity index (χ1n) is 8.64. The van der Waals surface area contributed by atoms with Crippen molar-refractivity contribution in [2.45, 2.75) is 13.5 Å². The lowest BCUT2D eigenvalue weighted by atomic mass is 10.1. The van der Waals surface area contributed by atoms with Crippen molar-refractivity contribution < 1.29 is 9.59 Å². The Morgan fingerprint density at radius 1 is 1.04 bits per heavy atom. The number of hydrogen-bond donors (Lipinski definition) is 1. The highest BCUT2D eigenvalue weighted by Gasteiger charge is 2.34. The zero-order valence-electron chi connectivity index (χ0n) is 14.7. The number of carbonyl (C=O) groups is 2. The summed E-state index contributed by atoms with van der Waals surface area (Å²) in [6, 6.07) is 17.0. The zero-order chi connectivity index (χ0) is 19.0. The zero-order valence-corrected chi connectivity index (χ0v) is 15.5. The number of anilines is 1. The number of thiocarbonyl (C=S) groups is 1. The second-order valence-corrected chi connectivity index (χ2v) is 6.57. The smallest absolute Gasteiger partial charge is 0.270 e. The van der Waals surface area contributed by atoms with Crippen LogP contribution in [0.2, 0.25) is 0 Å². The molecule has 1 saturated heterocycles. The number of benzene rings is 2. The molecule has 1 aliphatic heterocycles. The summed E-state index contributed by atoms with van der Waals surface area (Å²) in [5.74, 6) is -0.909. The van der Waals surface area contributed by atoms with Crippen molar-refractivity contribution in [2.75, 3.05) is 4.90 Å². The van der Waals surface area contributed by atoms with Gasteiger partial charge < -0.3 is 4.57 Å². The lowest BCUT2D eigenvalue weighted by Crippen LogP contribution is -2.54. The lowest BCUT2D eigenvalue weighted by Gasteiger charge is -2.28. The van der Waals surface area contributed by atoms with Crippen LogP contribution in [0.3, 0.4) is 0 Å². The van der Waals surface area contributed by atoms with Crippen molar-refractivity contribution in [1.82, 2.24) is 9.88 Å². The van der Waals surface area contributed by atoms with Gasteiger partial charge in [-0.1, -0.05) is 36.4 Å². The van der Waals surface area contributed by atoms with Crippen LogP contribution in [0.15, 0.2) is 66.4 Å². The van der Waals surface area contributed by atoms with Crippen molar-refractivity contribution in [2.24, 2.45) is 0 Å². The Hall–Kier alpha value is -3.25. The van der Waals surface area contributed by atoms with E-state index in [9.17, 15) is 9.59 Å². The fraction of sp³-hybridized carbons (Fsp3) is 0.0952. The number of fused-ring (bicyclic) bond motifs is 1. The first kappa shape index (κ1) is 17.2. The molecule has 134 valence electrons. The van der Waals surface area contributed by atoms with Crippen LogP contribution >= 0.6 is 12.2 Å². The number of nitrogens with one attached hydrogen (secondary N) is 1. The summed E-state index contributed by atoms with van der Waals surface area (Å²) in [6.45, 7) is 2.85. The summed E-state index contributed by atoms with van der Waals surface area (Å²) in [7, 11) is 0. The van der Waals surface area contributed by atoms with Gasteiger partial charge in [0.25, 0.3) is 11.8 Å². The van der Waals surface area contributed by atoms with E-state index in [2.05, 4.69) is 16.8 Å². The third-order valence-corrected chi connectivity index (χ3v) is 4.86. The van der Waals surface area contributed by atoms with E-state index in [1.165, 1.54) is 4.90 Å². The minimum absolute atomic E-state index is 0.0615. The van der Waals surface area contributed by atoms with Crippen LogP contribution in [-0.2, 0) is 16.1 Å². The van der Waals surface area contributed by atoms with Crippen LogP contribution in [-0.4, -0.2) is 21.5 Å². The molecular weight excluding hydrogens is 358 g/mol. The maximum absolute atomic E-state index is 13.1. The van der Waals surface area contributed by atoms with Crippen molar-refractivity contribution in [3.8, 4) is 0 Å². The Balaban J connectivity index is 1.82. The minimum atomic E-state index is -0.481. The van der Waals surface area contributed by atoms with Crippen molar-refractivity contribution in [3.05, 3.63) is 71.9 Å². The van der Waals surface area contributed by atoms with Gasteiger partial charge in [-0.05, 0) is 43.4 Å². The Kier molecular flexibility index (Phi) is 4.33. The summed E-state index contributed by atoms with van der Waals surface area (Å²) in [4.78, 5) is 26.9. The molecule has 1 fully saturated rings. The fourth-order valence-electron chi connectivity index (χ4n) is 3.28. The monoisotopic (exact) mass is 375 g/mol. The molecule has 2 aromatic carbocycles. The largest absolute Gasteiger partial charge is 0.347 e. The second-order valence-electron chi connectivity index (χ2n) is 6.18. The lowest BCUT2D eigenvalue weighted by molar-refractivity contribution is -0.122. The molecule has 1 aliphatic rings. The van der Waals surface area contributed by atoms with Gasteiger partial charge in [-0.3, -0.25) is 19.8 Å². The Morgan fingerprint density at radius 2 is 1.74 bits per heavy atom. The molecule has 1 N–H and O–H groups in total. The predicted octanol–water partition coefficient (Wildman–Crippen LogP) is 3.49. The molecule has 2 amide bonds. The Labute approximate surface area is 161 Å². The van der Waals surface area contributed by atoms with Gasteiger partial charge in [0.1, 0.15) is 5.57 Å². The van der Waals surface area contributed by atoms with E-state index in [4.69, 9.17) is 12.2 Å². The number of aromatic nitrogens is 1. The van der Waals surface area contributed by atoms with E-state index < -0.39 is 11.8 Å². The number of carbonyl (C=O) groups excluding carboxylic acids is 2. The topological polar surface area (TPSA) is 54.3 Å². The molecule has 2 heterocycles. The summed E-state index contributed by atoms with van der Waals surface area (Å²) in [5.41, 5.74) is 2.57. The highest BCUT2D eigenvalue weighted by molar-refractivity contribution is 7.80. The molecule has 0 bridgehead atoms. The average molecular weight is 375 g/mol. The first-order valence-corrected chi connectivity index (χ1v) is 9.05. The first-order chi connectivity index (χ1) is 13.1. The molecule has 0 saturated carbocycles. The van der Waals surface area contributed by atoms with Gasteiger partial charge in [0, 0.05) is 29.2 Å². The number of nitrogens with zero attached hydrogens (tertiary/aromatic N) is 2. The number of amides is 2. The predicted molar refractivity (Wildman–Crippen MR) is 110 cm³/mol. The van der Waals surface area contributed by atoms with E-state index in [1.807, 2.05) is 48.7 Å². The maximum atomic E-state index is 13.1. The molecular formula is C21H17N3O2S. The highest BCUT2D eigenvalue weighted by Crippen LogP contribution is 2.26. The molecule has 27 heavy (non-hydrogen) atoms. The minimum Gasteiger partial charge on any atom is -0.347 e. The summed E-state index contributed by atoms with van der Waals surface area (Å²) < 4.78 is 2.09. The maximum Gasteiger partial charge on any atom is 0.270 e. The van der Waals surface area contributed by atoms with Crippen molar-refractivity contribution in [3.63, 3.8) is 0 Å². The van der Waals surface area contributed by atoms with E-state index in [1.54, 1.807) is 18.2 Å². The standard InChI is InChI=1S/C21H17N3O2S/c1-2-23-13-14(16-10-6-7-11-18(16)23)12-17-19(25)22-21(27)24(20(17)26)15-8-4-3-5-9-15/h3-13H,2H2,1H3,(H,22,25,27). The molecule has 3 aromatic rings. The molecule has 0 unspecified atom stereocenters. The van der Waals surface area contributed by atoms with Crippen LogP contribution in [0.25, 0.3) is 17.0 Å². The molecule has 0 aliphatic carbocycles. The highest BCUT2D eigenvalue weighted by atomic mass is 32.1. The van der Waals surface area contributed by atoms with E-state index in [0.717, 1.165) is 23.0 Å². The Bertz CT molecular complexity index is 1100. The van der Waals surface area contributed by atoms with Crippen LogP contribution in [0.5, 0.6) is 0 Å². The average Bonchev–Trinajstić information content (AvgIpc) is 3.04. The SMILES string of the molecule is CCn1cc(C=C2C(=O)NC(=S)N(c3ccccc3)C2=O)c2ccccc21. The molecule has 1 aromatic heterocycles. The third kappa shape index (κ3) is 2.94. The molecule has 0 spiro atoms. The van der Waals surface area contributed by atoms with Gasteiger partial charge in [-0.25, -0.2) is 0 Å². The quantitative estimate of drug-likeness (QED) is 0.433. The van der Waals surface area contributed by atoms with Crippen molar-refractivity contribution in [1.29, 1.82) is 0 Å². The van der Waals surface area contributed by atoms with E-state index in [0.29, 0.717) is 5.69 Å². The van der Waals surface area contributed by atoms with Gasteiger partial charge in [0.05, 0.1) is 5.69 Å². The molecule has 0 radical (unpaired) electrons. The van der Waals surface area contributed by atoms with Gasteiger partial charge >= 0.3 is 0 Å². The van der Waals surface area contributed by atoms with E-state index >= 15 is 0 Å². The van der Waals surface area contributed by atoms with Crippen LogP contribution in [0, 0.1) is 0 Å². The van der Waals surface area contributed by atoms with Crippen LogP contribution in [0.4, 0.5) is 5.69 Å². The molecule has 5 nitrogen and oxygen atoms in total. The summed E-state index contributed by atoms with van der Waals surface area (Å²) in [5, 5.41) is 3.70. The molecule has 6 heteroatoms. The number of para-hydroxylation sites is 2. The van der Waals surface area contributed by atoms with Crippen LogP contribution < -0.4 is 10.2 Å². The van der Waals surface area contributed by atoms with Crippen LogP contribution in [0.1, 0.15) is 12.5 Å². The summed E-state index contributed by atoms with van der Waals surface area (Å²) >= 11 is 5.22.